The SMILES string of the molecule is CCN(C(=O)N/C=C(\C)C1CC1)c1cccc(C)c1. The summed E-state index contributed by atoms with van der Waals surface area (Å²) in [6.07, 6.45) is 4.37. The summed E-state index contributed by atoms with van der Waals surface area (Å²) >= 11 is 0. The Kier molecular flexibility index (Phi) is 4.25. The van der Waals surface area contributed by atoms with Crippen molar-refractivity contribution < 1.29 is 4.79 Å². The fraction of sp³-hybridized carbons (Fsp3) is 0.438. The molecule has 0 radical (unpaired) electrons. The van der Waals surface area contributed by atoms with Crippen LogP contribution in [0.1, 0.15) is 32.3 Å². The van der Waals surface area contributed by atoms with Gasteiger partial charge >= 0.3 is 6.03 Å². The Morgan fingerprint density at radius 2 is 2.21 bits per heavy atom. The summed E-state index contributed by atoms with van der Waals surface area (Å²) in [7, 11) is 0. The third kappa shape index (κ3) is 3.60. The first-order chi connectivity index (χ1) is 9.11. The van der Waals surface area contributed by atoms with Gasteiger partial charge in [0.2, 0.25) is 0 Å². The maximum absolute atomic E-state index is 12.2. The van der Waals surface area contributed by atoms with Crippen molar-refractivity contribution in [1.29, 1.82) is 0 Å². The van der Waals surface area contributed by atoms with E-state index < -0.39 is 0 Å². The van der Waals surface area contributed by atoms with E-state index in [9.17, 15) is 4.79 Å². The molecule has 102 valence electrons. The van der Waals surface area contributed by atoms with Gasteiger partial charge in [0, 0.05) is 18.4 Å². The molecule has 1 aliphatic rings. The molecule has 2 amide bonds. The Morgan fingerprint density at radius 1 is 1.47 bits per heavy atom. The number of amides is 2. The maximum atomic E-state index is 12.2. The fourth-order valence-electron chi connectivity index (χ4n) is 2.15. The average Bonchev–Trinajstić information content (AvgIpc) is 3.21. The maximum Gasteiger partial charge on any atom is 0.325 e. The van der Waals surface area contributed by atoms with E-state index in [1.54, 1.807) is 4.90 Å². The highest BCUT2D eigenvalue weighted by atomic mass is 16.2. The molecule has 0 bridgehead atoms. The predicted octanol–water partition coefficient (Wildman–Crippen LogP) is 3.84. The second kappa shape index (κ2) is 5.91. The number of rotatable bonds is 4. The molecule has 1 aromatic carbocycles. The molecule has 0 spiro atoms. The van der Waals surface area contributed by atoms with Crippen molar-refractivity contribution in [3.63, 3.8) is 0 Å². The van der Waals surface area contributed by atoms with Crippen molar-refractivity contribution in [2.75, 3.05) is 11.4 Å². The molecule has 1 aromatic rings. The molecular weight excluding hydrogens is 236 g/mol. The molecule has 0 atom stereocenters. The number of benzene rings is 1. The number of anilines is 1. The van der Waals surface area contributed by atoms with E-state index in [1.807, 2.05) is 44.3 Å². The molecule has 19 heavy (non-hydrogen) atoms. The predicted molar refractivity (Wildman–Crippen MR) is 79.2 cm³/mol. The Hall–Kier alpha value is -1.77. The Labute approximate surface area is 115 Å². The van der Waals surface area contributed by atoms with Crippen molar-refractivity contribution in [2.45, 2.75) is 33.6 Å². The molecule has 0 heterocycles. The normalized spacial score (nSPS) is 15.2. The number of urea groups is 1. The minimum Gasteiger partial charge on any atom is -0.314 e. The summed E-state index contributed by atoms with van der Waals surface area (Å²) in [6, 6.07) is 7.94. The van der Waals surface area contributed by atoms with Gasteiger partial charge in [-0.15, -0.1) is 0 Å². The van der Waals surface area contributed by atoms with E-state index >= 15 is 0 Å². The molecule has 1 saturated carbocycles. The zero-order chi connectivity index (χ0) is 13.8. The standard InChI is InChI=1S/C16H22N2O/c1-4-18(15-7-5-6-12(2)10-15)16(19)17-11-13(3)14-8-9-14/h5-7,10-11,14H,4,8-9H2,1-3H3,(H,17,19)/b13-11+. The van der Waals surface area contributed by atoms with E-state index in [-0.39, 0.29) is 6.03 Å². The van der Waals surface area contributed by atoms with Crippen LogP contribution in [0, 0.1) is 12.8 Å². The highest BCUT2D eigenvalue weighted by Gasteiger charge is 2.23. The minimum atomic E-state index is -0.0619. The van der Waals surface area contributed by atoms with Crippen LogP contribution in [0.3, 0.4) is 0 Å². The molecule has 0 aliphatic heterocycles. The van der Waals surface area contributed by atoms with Crippen LogP contribution in [-0.2, 0) is 0 Å². The van der Waals surface area contributed by atoms with Crippen LogP contribution < -0.4 is 10.2 Å². The average molecular weight is 258 g/mol. The largest absolute Gasteiger partial charge is 0.325 e. The number of allylic oxidation sites excluding steroid dienone is 1. The van der Waals surface area contributed by atoms with Crippen molar-refractivity contribution in [3.8, 4) is 0 Å². The zero-order valence-electron chi connectivity index (χ0n) is 11.9. The molecule has 1 N–H and O–H groups in total. The lowest BCUT2D eigenvalue weighted by atomic mass is 10.2. The van der Waals surface area contributed by atoms with E-state index in [0.717, 1.165) is 11.3 Å². The molecule has 3 heteroatoms. The molecule has 3 nitrogen and oxygen atoms in total. The summed E-state index contributed by atoms with van der Waals surface area (Å²) in [5.41, 5.74) is 3.37. The van der Waals surface area contributed by atoms with Gasteiger partial charge in [0.1, 0.15) is 0 Å². The summed E-state index contributed by atoms with van der Waals surface area (Å²) in [6.45, 7) is 6.76. The Morgan fingerprint density at radius 3 is 2.79 bits per heavy atom. The second-order valence-corrected chi connectivity index (χ2v) is 5.20. The summed E-state index contributed by atoms with van der Waals surface area (Å²) in [5, 5.41) is 2.90. The van der Waals surface area contributed by atoms with Crippen LogP contribution in [-0.4, -0.2) is 12.6 Å². The van der Waals surface area contributed by atoms with Crippen LogP contribution in [0.2, 0.25) is 0 Å². The Bertz CT molecular complexity index is 489. The van der Waals surface area contributed by atoms with E-state index in [1.165, 1.54) is 18.4 Å². The number of carbonyl (C=O) groups is 1. The van der Waals surface area contributed by atoms with E-state index in [4.69, 9.17) is 0 Å². The third-order valence-electron chi connectivity index (χ3n) is 3.52. The Balaban J connectivity index is 2.04. The van der Waals surface area contributed by atoms with Crippen molar-refractivity contribution in [1.82, 2.24) is 5.32 Å². The monoisotopic (exact) mass is 258 g/mol. The quantitative estimate of drug-likeness (QED) is 0.874. The molecule has 2 rings (SSSR count). The summed E-state index contributed by atoms with van der Waals surface area (Å²) < 4.78 is 0. The first-order valence-corrected chi connectivity index (χ1v) is 6.93. The number of nitrogens with zero attached hydrogens (tertiary/aromatic N) is 1. The first kappa shape index (κ1) is 13.7. The van der Waals surface area contributed by atoms with Gasteiger partial charge in [-0.05, 0) is 57.2 Å². The van der Waals surface area contributed by atoms with Crippen LogP contribution in [0.25, 0.3) is 0 Å². The van der Waals surface area contributed by atoms with E-state index in [2.05, 4.69) is 12.2 Å². The first-order valence-electron chi connectivity index (χ1n) is 6.93. The topological polar surface area (TPSA) is 32.3 Å². The lowest BCUT2D eigenvalue weighted by Gasteiger charge is -2.21. The highest BCUT2D eigenvalue weighted by Crippen LogP contribution is 2.35. The highest BCUT2D eigenvalue weighted by molar-refractivity contribution is 5.92. The van der Waals surface area contributed by atoms with Gasteiger partial charge in [-0.1, -0.05) is 17.7 Å². The van der Waals surface area contributed by atoms with Gasteiger partial charge < -0.3 is 5.32 Å². The summed E-state index contributed by atoms with van der Waals surface area (Å²) in [4.78, 5) is 14.0. The molecular formula is C16H22N2O. The van der Waals surface area contributed by atoms with Crippen molar-refractivity contribution >= 4 is 11.7 Å². The number of nitrogens with one attached hydrogen (secondary N) is 1. The number of aryl methyl sites for hydroxylation is 1. The smallest absolute Gasteiger partial charge is 0.314 e. The molecule has 1 aliphatic carbocycles. The van der Waals surface area contributed by atoms with Crippen LogP contribution >= 0.6 is 0 Å². The van der Waals surface area contributed by atoms with Gasteiger partial charge in [0.25, 0.3) is 0 Å². The van der Waals surface area contributed by atoms with Gasteiger partial charge in [-0.25, -0.2) is 4.79 Å². The molecule has 0 unspecified atom stereocenters. The second-order valence-electron chi connectivity index (χ2n) is 5.20. The number of carbonyl (C=O) groups excluding carboxylic acids is 1. The van der Waals surface area contributed by atoms with Crippen molar-refractivity contribution in [2.24, 2.45) is 5.92 Å². The van der Waals surface area contributed by atoms with E-state index in [0.29, 0.717) is 12.5 Å². The third-order valence-corrected chi connectivity index (χ3v) is 3.52. The van der Waals surface area contributed by atoms with Gasteiger partial charge in [0.15, 0.2) is 0 Å². The fourth-order valence-corrected chi connectivity index (χ4v) is 2.15. The van der Waals surface area contributed by atoms with Gasteiger partial charge in [0.05, 0.1) is 0 Å². The summed E-state index contributed by atoms with van der Waals surface area (Å²) in [5.74, 6) is 0.689. The lowest BCUT2D eigenvalue weighted by Crippen LogP contribution is -2.37. The molecule has 1 fully saturated rings. The number of hydrogen-bond donors (Lipinski definition) is 1. The number of hydrogen-bond acceptors (Lipinski definition) is 1. The van der Waals surface area contributed by atoms with Gasteiger partial charge in [-0.2, -0.15) is 0 Å². The van der Waals surface area contributed by atoms with Crippen LogP contribution in [0.15, 0.2) is 36.0 Å². The van der Waals surface area contributed by atoms with Crippen LogP contribution in [0.5, 0.6) is 0 Å². The zero-order valence-corrected chi connectivity index (χ0v) is 11.9. The van der Waals surface area contributed by atoms with Crippen molar-refractivity contribution in [3.05, 3.63) is 41.6 Å². The molecule has 0 aromatic heterocycles. The lowest BCUT2D eigenvalue weighted by molar-refractivity contribution is 0.249. The van der Waals surface area contributed by atoms with Crippen LogP contribution in [0.4, 0.5) is 10.5 Å². The van der Waals surface area contributed by atoms with Gasteiger partial charge in [-0.3, -0.25) is 4.90 Å². The molecule has 0 saturated heterocycles. The minimum absolute atomic E-state index is 0.0619.